The molecule has 9 rings (SSSR count). The van der Waals surface area contributed by atoms with E-state index in [9.17, 15) is 0 Å². The Kier molecular flexibility index (Phi) is 7.24. The summed E-state index contributed by atoms with van der Waals surface area (Å²) < 4.78 is 0. The summed E-state index contributed by atoms with van der Waals surface area (Å²) in [7, 11) is -0.631. The predicted octanol–water partition coefficient (Wildman–Crippen LogP) is 14.6. The van der Waals surface area contributed by atoms with Gasteiger partial charge in [0.15, 0.2) is 0 Å². The van der Waals surface area contributed by atoms with E-state index in [-0.39, 0.29) is 5.41 Å². The summed E-state index contributed by atoms with van der Waals surface area (Å²) in [6.07, 6.45) is 15.5. The molecule has 0 saturated carbocycles. The van der Waals surface area contributed by atoms with Gasteiger partial charge in [0.1, 0.15) is 0 Å². The SMILES string of the molecule is C=C/C(=C\C=C/C)p1c2c(c3cc(-c4c5ccccc5c(-c5cccc6c5-c5ccccc5C6(C)C)c5cc(C)ccc45)ccc31)CCC=C2. The van der Waals surface area contributed by atoms with Crippen molar-refractivity contribution in [1.29, 1.82) is 0 Å². The Hall–Kier alpha value is -5.16. The van der Waals surface area contributed by atoms with E-state index < -0.39 is 7.53 Å². The molecule has 7 aromatic rings. The van der Waals surface area contributed by atoms with Crippen molar-refractivity contribution < 1.29 is 0 Å². The molecule has 1 unspecified atom stereocenters. The van der Waals surface area contributed by atoms with E-state index >= 15 is 0 Å². The maximum absolute atomic E-state index is 4.25. The maximum Gasteiger partial charge on any atom is 0.0159 e. The van der Waals surface area contributed by atoms with Crippen LogP contribution in [0.3, 0.4) is 0 Å². The third-order valence-corrected chi connectivity index (χ3v) is 13.8. The highest BCUT2D eigenvalue weighted by Gasteiger charge is 2.37. The maximum atomic E-state index is 4.25. The smallest absolute Gasteiger partial charge is 0.0159 e. The van der Waals surface area contributed by atoms with Gasteiger partial charge in [0, 0.05) is 15.8 Å². The quantitative estimate of drug-likeness (QED) is 0.127. The molecule has 0 spiro atoms. The summed E-state index contributed by atoms with van der Waals surface area (Å²) in [5.41, 5.74) is 13.6. The molecule has 1 heteroatoms. The lowest BCUT2D eigenvalue weighted by Gasteiger charge is -2.23. The lowest BCUT2D eigenvalue weighted by molar-refractivity contribution is 0.660. The fourth-order valence-corrected chi connectivity index (χ4v) is 11.6. The zero-order valence-corrected chi connectivity index (χ0v) is 30.2. The molecule has 0 radical (unpaired) electrons. The first-order valence-corrected chi connectivity index (χ1v) is 19.3. The molecule has 6 aromatic carbocycles. The molecule has 2 aliphatic carbocycles. The summed E-state index contributed by atoms with van der Waals surface area (Å²) in [6, 6.07) is 39.6. The number of hydrogen-bond donors (Lipinski definition) is 0. The highest BCUT2D eigenvalue weighted by atomic mass is 31.1. The first kappa shape index (κ1) is 30.9. The van der Waals surface area contributed by atoms with Crippen molar-refractivity contribution >= 4 is 51.0 Å². The molecule has 0 fully saturated rings. The Balaban J connectivity index is 1.37. The lowest BCUT2D eigenvalue weighted by Crippen LogP contribution is -2.14. The highest BCUT2D eigenvalue weighted by Crippen LogP contribution is 2.58. The molecule has 0 aliphatic heterocycles. The average molecular weight is 661 g/mol. The van der Waals surface area contributed by atoms with E-state index in [2.05, 4.69) is 174 Å². The summed E-state index contributed by atoms with van der Waals surface area (Å²) >= 11 is 0. The van der Waals surface area contributed by atoms with Crippen LogP contribution >= 0.6 is 7.53 Å². The van der Waals surface area contributed by atoms with E-state index in [0.717, 1.165) is 12.8 Å². The number of benzene rings is 6. The van der Waals surface area contributed by atoms with Gasteiger partial charge in [0.25, 0.3) is 0 Å². The summed E-state index contributed by atoms with van der Waals surface area (Å²) in [5, 5.41) is 10.9. The van der Waals surface area contributed by atoms with Crippen molar-refractivity contribution in [3.05, 3.63) is 168 Å². The van der Waals surface area contributed by atoms with Crippen LogP contribution in [0.4, 0.5) is 0 Å². The Labute approximate surface area is 296 Å². The molecule has 1 atom stereocenters. The van der Waals surface area contributed by atoms with Gasteiger partial charge in [-0.1, -0.05) is 161 Å². The van der Waals surface area contributed by atoms with Crippen LogP contribution in [0.15, 0.2) is 140 Å². The monoisotopic (exact) mass is 660 g/mol. The van der Waals surface area contributed by atoms with Crippen molar-refractivity contribution in [1.82, 2.24) is 0 Å². The second-order valence-electron chi connectivity index (χ2n) is 14.4. The molecule has 0 saturated heterocycles. The minimum atomic E-state index is -0.631. The van der Waals surface area contributed by atoms with Crippen molar-refractivity contribution in [2.75, 3.05) is 0 Å². The Morgan fingerprint density at radius 1 is 0.720 bits per heavy atom. The van der Waals surface area contributed by atoms with Crippen LogP contribution in [-0.4, -0.2) is 0 Å². The van der Waals surface area contributed by atoms with Crippen LogP contribution < -0.4 is 0 Å². The van der Waals surface area contributed by atoms with Crippen molar-refractivity contribution in [2.24, 2.45) is 0 Å². The number of hydrogen-bond acceptors (Lipinski definition) is 0. The standard InChI is InChI=1S/C49H41P/c1-6-8-16-33(7-2)50-44-24-14-12-17-34(44)40-30-32(26-28-45(40)50)46-35-18-9-10-19-36(35)47(41-29-31(3)25-27-37(41)46)39-21-15-23-43-48(39)38-20-11-13-22-42(38)49(43,4)5/h6-11,13-16,18-30H,2,12,17H2,1,3-5H3/b8-6-,33-16+. The minimum Gasteiger partial charge on any atom is -0.0981 e. The fraction of sp³-hybridized carbons (Fsp3) is 0.143. The van der Waals surface area contributed by atoms with E-state index in [1.165, 1.54) is 98.3 Å². The van der Waals surface area contributed by atoms with Gasteiger partial charge in [-0.2, -0.15) is 0 Å². The molecule has 242 valence electrons. The third-order valence-electron chi connectivity index (χ3n) is 11.2. The van der Waals surface area contributed by atoms with Crippen LogP contribution in [0.1, 0.15) is 54.7 Å². The normalized spacial score (nSPS) is 15.2. The number of rotatable bonds is 5. The van der Waals surface area contributed by atoms with Crippen LogP contribution in [0.5, 0.6) is 0 Å². The third kappa shape index (κ3) is 4.45. The molecule has 1 heterocycles. The number of fused-ring (bicyclic) bond motifs is 8. The predicted molar refractivity (Wildman–Crippen MR) is 221 cm³/mol. The van der Waals surface area contributed by atoms with Crippen LogP contribution in [-0.2, 0) is 11.8 Å². The van der Waals surface area contributed by atoms with Gasteiger partial charge in [-0.05, 0) is 121 Å². The van der Waals surface area contributed by atoms with Crippen LogP contribution in [0, 0.1) is 6.92 Å². The van der Waals surface area contributed by atoms with Crippen molar-refractivity contribution in [2.45, 2.75) is 46.0 Å². The fourth-order valence-electron chi connectivity index (χ4n) is 8.95. The lowest BCUT2D eigenvalue weighted by atomic mass is 9.80. The first-order chi connectivity index (χ1) is 24.4. The second-order valence-corrected chi connectivity index (χ2v) is 16.6. The molecule has 2 aliphatic rings. The number of allylic oxidation sites excluding steroid dienone is 6. The molecule has 1 aromatic heterocycles. The Bertz CT molecular complexity index is 2650. The largest absolute Gasteiger partial charge is 0.0981 e. The molecule has 0 N–H and O–H groups in total. The van der Waals surface area contributed by atoms with Gasteiger partial charge in [0.2, 0.25) is 0 Å². The van der Waals surface area contributed by atoms with Gasteiger partial charge in [-0.15, -0.1) is 0 Å². The van der Waals surface area contributed by atoms with Gasteiger partial charge in [-0.25, -0.2) is 0 Å². The second kappa shape index (κ2) is 11.7. The Morgan fingerprint density at radius 2 is 1.46 bits per heavy atom. The molecule has 0 amide bonds. The van der Waals surface area contributed by atoms with Gasteiger partial charge in [-0.3, -0.25) is 0 Å². The minimum absolute atomic E-state index is 0.0530. The van der Waals surface area contributed by atoms with Crippen LogP contribution in [0.25, 0.3) is 76.8 Å². The number of aryl methyl sites for hydroxylation is 2. The molecular formula is C49H41P. The van der Waals surface area contributed by atoms with E-state index in [1.807, 2.05) is 0 Å². The molecule has 0 nitrogen and oxygen atoms in total. The average Bonchev–Trinajstić information content (AvgIpc) is 3.59. The van der Waals surface area contributed by atoms with Gasteiger partial charge in [0.05, 0.1) is 0 Å². The molecular weight excluding hydrogens is 620 g/mol. The van der Waals surface area contributed by atoms with Crippen LogP contribution in [0.2, 0.25) is 0 Å². The Morgan fingerprint density at radius 3 is 2.28 bits per heavy atom. The van der Waals surface area contributed by atoms with Crippen molar-refractivity contribution in [3.63, 3.8) is 0 Å². The van der Waals surface area contributed by atoms with Gasteiger partial charge >= 0.3 is 0 Å². The van der Waals surface area contributed by atoms with E-state index in [0.29, 0.717) is 0 Å². The topological polar surface area (TPSA) is 0 Å². The molecule has 0 bridgehead atoms. The summed E-state index contributed by atoms with van der Waals surface area (Å²) in [6.45, 7) is 13.3. The van der Waals surface area contributed by atoms with E-state index in [4.69, 9.17) is 0 Å². The summed E-state index contributed by atoms with van der Waals surface area (Å²) in [5.74, 6) is 0. The summed E-state index contributed by atoms with van der Waals surface area (Å²) in [4.78, 5) is 0. The zero-order valence-electron chi connectivity index (χ0n) is 29.3. The highest BCUT2D eigenvalue weighted by molar-refractivity contribution is 7.67. The van der Waals surface area contributed by atoms with E-state index in [1.54, 1.807) is 0 Å². The first-order valence-electron chi connectivity index (χ1n) is 17.9. The van der Waals surface area contributed by atoms with Gasteiger partial charge < -0.3 is 0 Å². The zero-order chi connectivity index (χ0) is 34.1. The van der Waals surface area contributed by atoms with Crippen molar-refractivity contribution in [3.8, 4) is 33.4 Å². The molecule has 50 heavy (non-hydrogen) atoms.